The molecule has 0 amide bonds. The number of carbonyl (C=O) groups is 1. The third-order valence-corrected chi connectivity index (χ3v) is 4.81. The van der Waals surface area contributed by atoms with Gasteiger partial charge >= 0.3 is 0 Å². The molecule has 1 heterocycles. The SMILES string of the molecule is NC1CCN(CC(=O)c2ccc(C3CCC3)cc2)CC1. The predicted molar refractivity (Wildman–Crippen MR) is 81.0 cm³/mol. The van der Waals surface area contributed by atoms with Crippen molar-refractivity contribution in [3.05, 3.63) is 35.4 Å². The number of likely N-dealkylation sites (tertiary alicyclic amines) is 1. The van der Waals surface area contributed by atoms with Gasteiger partial charge in [-0.15, -0.1) is 0 Å². The highest BCUT2D eigenvalue weighted by Crippen LogP contribution is 2.36. The van der Waals surface area contributed by atoms with Gasteiger partial charge in [0.2, 0.25) is 0 Å². The Morgan fingerprint density at radius 1 is 1.10 bits per heavy atom. The average molecular weight is 272 g/mol. The van der Waals surface area contributed by atoms with Crippen molar-refractivity contribution in [2.45, 2.75) is 44.1 Å². The number of piperidine rings is 1. The first-order valence-electron chi connectivity index (χ1n) is 7.83. The van der Waals surface area contributed by atoms with Crippen LogP contribution < -0.4 is 5.73 Å². The molecular weight excluding hydrogens is 248 g/mol. The first-order chi connectivity index (χ1) is 9.72. The lowest BCUT2D eigenvalue weighted by Crippen LogP contribution is -2.41. The third-order valence-electron chi connectivity index (χ3n) is 4.81. The Hall–Kier alpha value is -1.19. The van der Waals surface area contributed by atoms with E-state index in [1.54, 1.807) is 0 Å². The molecule has 1 aromatic rings. The Balaban J connectivity index is 1.56. The molecule has 3 nitrogen and oxygen atoms in total. The van der Waals surface area contributed by atoms with Crippen LogP contribution >= 0.6 is 0 Å². The number of carbonyl (C=O) groups excluding carboxylic acids is 1. The van der Waals surface area contributed by atoms with Crippen LogP contribution in [-0.4, -0.2) is 36.4 Å². The van der Waals surface area contributed by atoms with Crippen molar-refractivity contribution >= 4 is 5.78 Å². The number of nitrogens with zero attached hydrogens (tertiary/aromatic N) is 1. The van der Waals surface area contributed by atoms with Gasteiger partial charge < -0.3 is 5.73 Å². The quantitative estimate of drug-likeness (QED) is 0.857. The van der Waals surface area contributed by atoms with E-state index in [1.165, 1.54) is 24.8 Å². The second-order valence-electron chi connectivity index (χ2n) is 6.29. The summed E-state index contributed by atoms with van der Waals surface area (Å²) in [4.78, 5) is 14.5. The minimum absolute atomic E-state index is 0.237. The number of rotatable bonds is 4. The Kier molecular flexibility index (Phi) is 4.18. The van der Waals surface area contributed by atoms with Crippen LogP contribution in [0, 0.1) is 0 Å². The summed E-state index contributed by atoms with van der Waals surface area (Å²) >= 11 is 0. The maximum atomic E-state index is 12.3. The zero-order chi connectivity index (χ0) is 13.9. The Morgan fingerprint density at radius 2 is 1.75 bits per heavy atom. The zero-order valence-electron chi connectivity index (χ0n) is 12.1. The molecule has 0 atom stereocenters. The molecule has 2 N–H and O–H groups in total. The van der Waals surface area contributed by atoms with Crippen LogP contribution in [0.4, 0.5) is 0 Å². The van der Waals surface area contributed by atoms with Crippen molar-refractivity contribution in [3.8, 4) is 0 Å². The normalized spacial score (nSPS) is 21.6. The molecular formula is C17H24N2O. The number of hydrogen-bond acceptors (Lipinski definition) is 3. The van der Waals surface area contributed by atoms with E-state index >= 15 is 0 Å². The molecule has 0 radical (unpaired) electrons. The topological polar surface area (TPSA) is 46.3 Å². The lowest BCUT2D eigenvalue weighted by molar-refractivity contribution is 0.0910. The predicted octanol–water partition coefficient (Wildman–Crippen LogP) is 2.56. The fraction of sp³-hybridized carbons (Fsp3) is 0.588. The lowest BCUT2D eigenvalue weighted by atomic mass is 9.80. The number of benzene rings is 1. The Bertz CT molecular complexity index is 456. The maximum absolute atomic E-state index is 12.3. The summed E-state index contributed by atoms with van der Waals surface area (Å²) in [5.41, 5.74) is 8.14. The van der Waals surface area contributed by atoms with Crippen LogP contribution in [0.1, 0.15) is 53.9 Å². The second-order valence-corrected chi connectivity index (χ2v) is 6.29. The number of nitrogens with two attached hydrogens (primary N) is 1. The van der Waals surface area contributed by atoms with Gasteiger partial charge in [0.1, 0.15) is 0 Å². The molecule has 0 bridgehead atoms. The van der Waals surface area contributed by atoms with Crippen molar-refractivity contribution in [2.24, 2.45) is 5.73 Å². The summed E-state index contributed by atoms with van der Waals surface area (Å²) < 4.78 is 0. The molecule has 0 spiro atoms. The fourth-order valence-corrected chi connectivity index (χ4v) is 3.09. The number of Topliss-reactive ketones (excluding diaryl/α,β-unsaturated/α-hetero) is 1. The average Bonchev–Trinajstić information content (AvgIpc) is 2.40. The minimum atomic E-state index is 0.237. The molecule has 1 aromatic carbocycles. The van der Waals surface area contributed by atoms with Gasteiger partial charge in [-0.1, -0.05) is 30.7 Å². The van der Waals surface area contributed by atoms with Gasteiger partial charge in [-0.05, 0) is 37.2 Å². The summed E-state index contributed by atoms with van der Waals surface area (Å²) in [5.74, 6) is 0.975. The van der Waals surface area contributed by atoms with E-state index in [4.69, 9.17) is 5.73 Å². The van der Waals surface area contributed by atoms with Crippen molar-refractivity contribution in [1.82, 2.24) is 4.90 Å². The molecule has 3 rings (SSSR count). The van der Waals surface area contributed by atoms with Gasteiger partial charge in [-0.3, -0.25) is 9.69 Å². The lowest BCUT2D eigenvalue weighted by Gasteiger charge is -2.29. The summed E-state index contributed by atoms with van der Waals surface area (Å²) in [6, 6.07) is 8.62. The molecule has 20 heavy (non-hydrogen) atoms. The van der Waals surface area contributed by atoms with Gasteiger partial charge in [-0.2, -0.15) is 0 Å². The Labute approximate surface area is 121 Å². The molecule has 1 saturated carbocycles. The molecule has 0 aromatic heterocycles. The van der Waals surface area contributed by atoms with Crippen molar-refractivity contribution in [2.75, 3.05) is 19.6 Å². The smallest absolute Gasteiger partial charge is 0.176 e. The van der Waals surface area contributed by atoms with Gasteiger partial charge in [0.05, 0.1) is 6.54 Å². The van der Waals surface area contributed by atoms with Gasteiger partial charge in [0.25, 0.3) is 0 Å². The minimum Gasteiger partial charge on any atom is -0.328 e. The second kappa shape index (κ2) is 6.06. The largest absolute Gasteiger partial charge is 0.328 e. The molecule has 3 heteroatoms. The van der Waals surface area contributed by atoms with Gasteiger partial charge in [0, 0.05) is 24.7 Å². The summed E-state index contributed by atoms with van der Waals surface area (Å²) in [5, 5.41) is 0. The van der Waals surface area contributed by atoms with Crippen LogP contribution in [0.25, 0.3) is 0 Å². The van der Waals surface area contributed by atoms with Gasteiger partial charge in [0.15, 0.2) is 5.78 Å². The van der Waals surface area contributed by atoms with E-state index in [-0.39, 0.29) is 5.78 Å². The molecule has 2 fully saturated rings. The van der Waals surface area contributed by atoms with Crippen LogP contribution in [0.2, 0.25) is 0 Å². The van der Waals surface area contributed by atoms with Crippen LogP contribution in [0.5, 0.6) is 0 Å². The van der Waals surface area contributed by atoms with E-state index in [1.807, 2.05) is 12.1 Å². The molecule has 1 saturated heterocycles. The first kappa shape index (κ1) is 13.8. The van der Waals surface area contributed by atoms with E-state index in [2.05, 4.69) is 17.0 Å². The van der Waals surface area contributed by atoms with Crippen molar-refractivity contribution in [1.29, 1.82) is 0 Å². The zero-order valence-corrected chi connectivity index (χ0v) is 12.1. The van der Waals surface area contributed by atoms with Crippen LogP contribution in [0.15, 0.2) is 24.3 Å². The third kappa shape index (κ3) is 3.10. The molecule has 108 valence electrons. The highest BCUT2D eigenvalue weighted by Gasteiger charge is 2.21. The van der Waals surface area contributed by atoms with E-state index < -0.39 is 0 Å². The van der Waals surface area contributed by atoms with Gasteiger partial charge in [-0.25, -0.2) is 0 Å². The maximum Gasteiger partial charge on any atom is 0.176 e. The first-order valence-corrected chi connectivity index (χ1v) is 7.83. The molecule has 0 unspecified atom stereocenters. The summed E-state index contributed by atoms with van der Waals surface area (Å²) in [6.07, 6.45) is 5.98. The Morgan fingerprint density at radius 3 is 2.30 bits per heavy atom. The fourth-order valence-electron chi connectivity index (χ4n) is 3.09. The molecule has 2 aliphatic rings. The monoisotopic (exact) mass is 272 g/mol. The highest BCUT2D eigenvalue weighted by molar-refractivity contribution is 5.97. The van der Waals surface area contributed by atoms with E-state index in [0.29, 0.717) is 12.6 Å². The standard InChI is InChI=1S/C17H24N2O/c18-16-8-10-19(11-9-16)12-17(20)15-6-4-14(5-7-15)13-2-1-3-13/h4-7,13,16H,1-3,8-12,18H2. The van der Waals surface area contributed by atoms with E-state index in [9.17, 15) is 4.79 Å². The summed E-state index contributed by atoms with van der Waals surface area (Å²) in [6.45, 7) is 2.44. The number of hydrogen-bond donors (Lipinski definition) is 1. The van der Waals surface area contributed by atoms with Crippen molar-refractivity contribution < 1.29 is 4.79 Å². The number of ketones is 1. The van der Waals surface area contributed by atoms with E-state index in [0.717, 1.165) is 37.4 Å². The summed E-state index contributed by atoms with van der Waals surface area (Å²) in [7, 11) is 0. The van der Waals surface area contributed by atoms with Crippen molar-refractivity contribution in [3.63, 3.8) is 0 Å². The highest BCUT2D eigenvalue weighted by atomic mass is 16.1. The van der Waals surface area contributed by atoms with Crippen LogP contribution in [-0.2, 0) is 0 Å². The van der Waals surface area contributed by atoms with Crippen LogP contribution in [0.3, 0.4) is 0 Å². The molecule has 1 aliphatic carbocycles. The molecule has 1 aliphatic heterocycles.